The first kappa shape index (κ1) is 17.6. The Morgan fingerprint density at radius 3 is 2.38 bits per heavy atom. The number of nitrogens with zero attached hydrogens (tertiary/aromatic N) is 3. The lowest BCUT2D eigenvalue weighted by atomic mass is 10.1. The van der Waals surface area contributed by atoms with Crippen molar-refractivity contribution >= 4 is 23.2 Å². The number of aromatic nitrogens is 2. The van der Waals surface area contributed by atoms with E-state index < -0.39 is 0 Å². The zero-order valence-corrected chi connectivity index (χ0v) is 15.2. The van der Waals surface area contributed by atoms with Crippen molar-refractivity contribution in [3.63, 3.8) is 0 Å². The van der Waals surface area contributed by atoms with Gasteiger partial charge in [0, 0.05) is 30.8 Å². The first-order chi connectivity index (χ1) is 12.6. The standard InChI is InChI=1S/C21H22N4O/c1-4-16-10-8-9-15(2)19(16)24-20(26)17-13-22-21(23-14-17)25(3)18-11-6-5-7-12-18/h5-14H,4H2,1-3H3,(H,24,26). The molecule has 132 valence electrons. The number of rotatable bonds is 5. The van der Waals surface area contributed by atoms with Gasteiger partial charge in [0.1, 0.15) is 0 Å². The number of amides is 1. The van der Waals surface area contributed by atoms with E-state index in [0.29, 0.717) is 11.5 Å². The van der Waals surface area contributed by atoms with Gasteiger partial charge >= 0.3 is 0 Å². The molecule has 3 rings (SSSR count). The summed E-state index contributed by atoms with van der Waals surface area (Å²) in [6.07, 6.45) is 3.97. The maximum absolute atomic E-state index is 12.6. The number of anilines is 3. The second-order valence-electron chi connectivity index (χ2n) is 6.08. The average molecular weight is 346 g/mol. The molecule has 0 unspecified atom stereocenters. The molecule has 5 nitrogen and oxygen atoms in total. The van der Waals surface area contributed by atoms with Crippen molar-refractivity contribution in [2.75, 3.05) is 17.3 Å². The number of hydrogen-bond donors (Lipinski definition) is 1. The lowest BCUT2D eigenvalue weighted by Crippen LogP contribution is -2.17. The largest absolute Gasteiger partial charge is 0.321 e. The van der Waals surface area contributed by atoms with Crippen LogP contribution in [0, 0.1) is 6.92 Å². The van der Waals surface area contributed by atoms with Crippen molar-refractivity contribution < 1.29 is 4.79 Å². The Bertz CT molecular complexity index is 892. The van der Waals surface area contributed by atoms with Crippen LogP contribution in [0.3, 0.4) is 0 Å². The number of hydrogen-bond acceptors (Lipinski definition) is 4. The maximum atomic E-state index is 12.6. The van der Waals surface area contributed by atoms with Crippen molar-refractivity contribution in [3.05, 3.63) is 77.6 Å². The zero-order valence-electron chi connectivity index (χ0n) is 15.2. The average Bonchev–Trinajstić information content (AvgIpc) is 2.69. The van der Waals surface area contributed by atoms with E-state index in [1.54, 1.807) is 12.4 Å². The summed E-state index contributed by atoms with van der Waals surface area (Å²) < 4.78 is 0. The van der Waals surface area contributed by atoms with E-state index in [9.17, 15) is 4.79 Å². The van der Waals surface area contributed by atoms with Crippen LogP contribution < -0.4 is 10.2 Å². The van der Waals surface area contributed by atoms with Gasteiger partial charge < -0.3 is 10.2 Å². The number of carbonyl (C=O) groups is 1. The third-order valence-corrected chi connectivity index (χ3v) is 4.32. The molecule has 0 bridgehead atoms. The molecule has 0 aliphatic carbocycles. The van der Waals surface area contributed by atoms with Gasteiger partial charge in [-0.1, -0.05) is 43.3 Å². The van der Waals surface area contributed by atoms with Crippen LogP contribution in [0.5, 0.6) is 0 Å². The number of aryl methyl sites for hydroxylation is 2. The summed E-state index contributed by atoms with van der Waals surface area (Å²) in [5, 5.41) is 2.99. The predicted molar refractivity (Wildman–Crippen MR) is 105 cm³/mol. The molecule has 26 heavy (non-hydrogen) atoms. The van der Waals surface area contributed by atoms with Crippen molar-refractivity contribution in [1.29, 1.82) is 0 Å². The molecule has 2 aromatic carbocycles. The van der Waals surface area contributed by atoms with Gasteiger partial charge in [-0.25, -0.2) is 9.97 Å². The molecule has 0 saturated heterocycles. The number of benzene rings is 2. The molecule has 0 aliphatic heterocycles. The minimum Gasteiger partial charge on any atom is -0.321 e. The van der Waals surface area contributed by atoms with Crippen molar-refractivity contribution in [1.82, 2.24) is 9.97 Å². The summed E-state index contributed by atoms with van der Waals surface area (Å²) >= 11 is 0. The van der Waals surface area contributed by atoms with Crippen molar-refractivity contribution in [2.45, 2.75) is 20.3 Å². The van der Waals surface area contributed by atoms with Crippen LogP contribution in [0.4, 0.5) is 17.3 Å². The molecular weight excluding hydrogens is 324 g/mol. The molecule has 1 aromatic heterocycles. The van der Waals surface area contributed by atoms with Crippen LogP contribution in [-0.4, -0.2) is 22.9 Å². The second-order valence-corrected chi connectivity index (χ2v) is 6.08. The van der Waals surface area contributed by atoms with Gasteiger partial charge in [0.15, 0.2) is 0 Å². The maximum Gasteiger partial charge on any atom is 0.258 e. The highest BCUT2D eigenvalue weighted by Gasteiger charge is 2.13. The summed E-state index contributed by atoms with van der Waals surface area (Å²) in [6, 6.07) is 15.9. The third-order valence-electron chi connectivity index (χ3n) is 4.32. The second kappa shape index (κ2) is 7.78. The summed E-state index contributed by atoms with van der Waals surface area (Å²) in [7, 11) is 1.89. The fourth-order valence-corrected chi connectivity index (χ4v) is 2.77. The van der Waals surface area contributed by atoms with Gasteiger partial charge in [-0.2, -0.15) is 0 Å². The van der Waals surface area contributed by atoms with E-state index in [2.05, 4.69) is 22.2 Å². The molecule has 5 heteroatoms. The first-order valence-electron chi connectivity index (χ1n) is 8.60. The van der Waals surface area contributed by atoms with Crippen LogP contribution in [-0.2, 0) is 6.42 Å². The third kappa shape index (κ3) is 3.72. The summed E-state index contributed by atoms with van der Waals surface area (Å²) in [5.74, 6) is 0.334. The summed E-state index contributed by atoms with van der Waals surface area (Å²) in [6.45, 7) is 4.06. The topological polar surface area (TPSA) is 58.1 Å². The Morgan fingerprint density at radius 2 is 1.73 bits per heavy atom. The van der Waals surface area contributed by atoms with Crippen molar-refractivity contribution in [2.24, 2.45) is 0 Å². The van der Waals surface area contributed by atoms with Crippen LogP contribution in [0.15, 0.2) is 60.9 Å². The van der Waals surface area contributed by atoms with E-state index in [0.717, 1.165) is 28.9 Å². The first-order valence-corrected chi connectivity index (χ1v) is 8.60. The van der Waals surface area contributed by atoms with Gasteiger partial charge in [-0.15, -0.1) is 0 Å². The molecule has 1 heterocycles. The van der Waals surface area contributed by atoms with Gasteiger partial charge in [0.2, 0.25) is 5.95 Å². The highest BCUT2D eigenvalue weighted by Crippen LogP contribution is 2.22. The molecule has 0 radical (unpaired) electrons. The lowest BCUT2D eigenvalue weighted by molar-refractivity contribution is 0.102. The van der Waals surface area contributed by atoms with E-state index in [1.807, 2.05) is 67.4 Å². The van der Waals surface area contributed by atoms with E-state index in [1.165, 1.54) is 0 Å². The van der Waals surface area contributed by atoms with Gasteiger partial charge in [0.05, 0.1) is 5.56 Å². The normalized spacial score (nSPS) is 10.4. The molecule has 1 amide bonds. The smallest absolute Gasteiger partial charge is 0.258 e. The molecule has 0 aliphatic rings. The predicted octanol–water partition coefficient (Wildman–Crippen LogP) is 4.37. The molecule has 0 atom stereocenters. The minimum absolute atomic E-state index is 0.206. The fraction of sp³-hybridized carbons (Fsp3) is 0.190. The minimum atomic E-state index is -0.206. The number of carbonyl (C=O) groups excluding carboxylic acids is 1. The molecule has 0 spiro atoms. The van der Waals surface area contributed by atoms with Crippen LogP contribution in [0.1, 0.15) is 28.4 Å². The van der Waals surface area contributed by atoms with Crippen LogP contribution in [0.2, 0.25) is 0 Å². The van der Waals surface area contributed by atoms with E-state index in [4.69, 9.17) is 0 Å². The van der Waals surface area contributed by atoms with Gasteiger partial charge in [-0.05, 0) is 36.6 Å². The quantitative estimate of drug-likeness (QED) is 0.745. The Morgan fingerprint density at radius 1 is 1.04 bits per heavy atom. The highest BCUT2D eigenvalue weighted by molar-refractivity contribution is 6.04. The summed E-state index contributed by atoms with van der Waals surface area (Å²) in [4.78, 5) is 23.1. The van der Waals surface area contributed by atoms with Crippen LogP contribution in [0.25, 0.3) is 0 Å². The lowest BCUT2D eigenvalue weighted by Gasteiger charge is -2.17. The Hall–Kier alpha value is -3.21. The molecule has 0 fully saturated rings. The van der Waals surface area contributed by atoms with Crippen LogP contribution >= 0.6 is 0 Å². The SMILES string of the molecule is CCc1cccc(C)c1NC(=O)c1cnc(N(C)c2ccccc2)nc1. The Kier molecular flexibility index (Phi) is 5.27. The molecule has 0 saturated carbocycles. The van der Waals surface area contributed by atoms with Crippen molar-refractivity contribution in [3.8, 4) is 0 Å². The Labute approximate surface area is 153 Å². The number of para-hydroxylation sites is 2. The molecule has 3 aromatic rings. The fourth-order valence-electron chi connectivity index (χ4n) is 2.77. The Balaban J connectivity index is 1.78. The van der Waals surface area contributed by atoms with Gasteiger partial charge in [-0.3, -0.25) is 4.79 Å². The molecular formula is C21H22N4O. The monoisotopic (exact) mass is 346 g/mol. The summed E-state index contributed by atoms with van der Waals surface area (Å²) in [5.41, 5.74) is 4.43. The van der Waals surface area contributed by atoms with E-state index in [-0.39, 0.29) is 5.91 Å². The molecule has 1 N–H and O–H groups in total. The van der Waals surface area contributed by atoms with E-state index >= 15 is 0 Å². The number of nitrogens with one attached hydrogen (secondary N) is 1. The van der Waals surface area contributed by atoms with Gasteiger partial charge in [0.25, 0.3) is 5.91 Å². The highest BCUT2D eigenvalue weighted by atomic mass is 16.1. The zero-order chi connectivity index (χ0) is 18.5.